The molecule has 0 heterocycles. The second-order valence-electron chi connectivity index (χ2n) is 3.76. The van der Waals surface area contributed by atoms with Crippen molar-refractivity contribution in [1.29, 1.82) is 0 Å². The van der Waals surface area contributed by atoms with Gasteiger partial charge in [0, 0.05) is 26.2 Å². The molecule has 1 N–H and O–H groups in total. The van der Waals surface area contributed by atoms with E-state index in [0.29, 0.717) is 0 Å². The van der Waals surface area contributed by atoms with Gasteiger partial charge in [0.15, 0.2) is 0 Å². The van der Waals surface area contributed by atoms with Gasteiger partial charge in [-0.2, -0.15) is 0 Å². The van der Waals surface area contributed by atoms with E-state index in [1.165, 1.54) is 0 Å². The first-order valence-corrected chi connectivity index (χ1v) is 5.37. The number of rotatable bonds is 8. The molecule has 0 spiro atoms. The number of hydrogen-bond acceptors (Lipinski definition) is 3. The van der Waals surface area contributed by atoms with Crippen LogP contribution in [0.2, 0.25) is 0 Å². The summed E-state index contributed by atoms with van der Waals surface area (Å²) in [4.78, 5) is 4.40. The zero-order valence-corrected chi connectivity index (χ0v) is 9.74. The lowest BCUT2D eigenvalue weighted by Gasteiger charge is -2.19. The molecule has 0 aliphatic carbocycles. The minimum absolute atomic E-state index is 0.279. The van der Waals surface area contributed by atoms with Gasteiger partial charge in [0.2, 0.25) is 0 Å². The number of nitrogens with zero attached hydrogens (tertiary/aromatic N) is 2. The van der Waals surface area contributed by atoms with Crippen LogP contribution in [0.1, 0.15) is 19.8 Å². The number of hydrogen-bond donors (Lipinski definition) is 1. The van der Waals surface area contributed by atoms with Gasteiger partial charge < -0.3 is 14.9 Å². The van der Waals surface area contributed by atoms with Crippen LogP contribution in [0.5, 0.6) is 0 Å². The SMILES string of the molecule is CCCN(C=CCN(C)C)CCCO. The maximum atomic E-state index is 8.74. The van der Waals surface area contributed by atoms with Crippen molar-refractivity contribution in [3.05, 3.63) is 12.3 Å². The molecular formula is C11H24N2O. The first kappa shape index (κ1) is 13.5. The normalized spacial score (nSPS) is 11.5. The highest BCUT2D eigenvalue weighted by Crippen LogP contribution is 1.95. The van der Waals surface area contributed by atoms with Crippen molar-refractivity contribution in [3.8, 4) is 0 Å². The van der Waals surface area contributed by atoms with E-state index < -0.39 is 0 Å². The zero-order valence-electron chi connectivity index (χ0n) is 9.74. The number of aliphatic hydroxyl groups is 1. The Labute approximate surface area is 88.0 Å². The van der Waals surface area contributed by atoms with Gasteiger partial charge in [-0.1, -0.05) is 13.0 Å². The second-order valence-corrected chi connectivity index (χ2v) is 3.76. The molecule has 0 fully saturated rings. The fraction of sp³-hybridized carbons (Fsp3) is 0.818. The Hall–Kier alpha value is -0.540. The zero-order chi connectivity index (χ0) is 10.8. The quantitative estimate of drug-likeness (QED) is 0.637. The summed E-state index contributed by atoms with van der Waals surface area (Å²) in [6.07, 6.45) is 6.30. The predicted octanol–water partition coefficient (Wildman–Crippen LogP) is 1.16. The molecule has 0 saturated heterocycles. The number of aliphatic hydroxyl groups excluding tert-OH is 1. The van der Waals surface area contributed by atoms with E-state index in [0.717, 1.165) is 32.5 Å². The van der Waals surface area contributed by atoms with Gasteiger partial charge in [-0.3, -0.25) is 0 Å². The first-order chi connectivity index (χ1) is 6.70. The van der Waals surface area contributed by atoms with Crippen molar-refractivity contribution < 1.29 is 5.11 Å². The van der Waals surface area contributed by atoms with E-state index >= 15 is 0 Å². The summed E-state index contributed by atoms with van der Waals surface area (Å²) in [7, 11) is 4.12. The average molecular weight is 200 g/mol. The lowest BCUT2D eigenvalue weighted by Crippen LogP contribution is -2.21. The van der Waals surface area contributed by atoms with Crippen molar-refractivity contribution in [2.45, 2.75) is 19.8 Å². The van der Waals surface area contributed by atoms with Crippen molar-refractivity contribution in [3.63, 3.8) is 0 Å². The van der Waals surface area contributed by atoms with Crippen molar-refractivity contribution in [2.75, 3.05) is 40.3 Å². The van der Waals surface area contributed by atoms with Crippen molar-refractivity contribution in [2.24, 2.45) is 0 Å². The van der Waals surface area contributed by atoms with Crippen LogP contribution in [-0.4, -0.2) is 55.2 Å². The Morgan fingerprint density at radius 2 is 1.93 bits per heavy atom. The van der Waals surface area contributed by atoms with Gasteiger partial charge in [-0.05, 0) is 33.1 Å². The highest BCUT2D eigenvalue weighted by Gasteiger charge is 1.96. The summed E-state index contributed by atoms with van der Waals surface area (Å²) in [6.45, 7) is 5.45. The van der Waals surface area contributed by atoms with E-state index in [2.05, 4.69) is 43.1 Å². The molecule has 0 aliphatic heterocycles. The van der Waals surface area contributed by atoms with Gasteiger partial charge in [0.05, 0.1) is 0 Å². The highest BCUT2D eigenvalue weighted by molar-refractivity contribution is 4.84. The molecular weight excluding hydrogens is 176 g/mol. The van der Waals surface area contributed by atoms with Crippen LogP contribution in [0.25, 0.3) is 0 Å². The van der Waals surface area contributed by atoms with E-state index in [4.69, 9.17) is 5.11 Å². The maximum absolute atomic E-state index is 8.74. The summed E-state index contributed by atoms with van der Waals surface area (Å²) in [5.74, 6) is 0. The van der Waals surface area contributed by atoms with Crippen molar-refractivity contribution in [1.82, 2.24) is 9.80 Å². The molecule has 0 amide bonds. The molecule has 0 bridgehead atoms. The van der Waals surface area contributed by atoms with Gasteiger partial charge in [0.25, 0.3) is 0 Å². The lowest BCUT2D eigenvalue weighted by molar-refractivity contribution is 0.258. The maximum Gasteiger partial charge on any atom is 0.0447 e. The minimum Gasteiger partial charge on any atom is -0.396 e. The van der Waals surface area contributed by atoms with Crippen LogP contribution in [-0.2, 0) is 0 Å². The summed E-state index contributed by atoms with van der Waals surface area (Å²) in [5.41, 5.74) is 0. The third-order valence-electron chi connectivity index (χ3n) is 1.90. The fourth-order valence-electron chi connectivity index (χ4n) is 1.23. The van der Waals surface area contributed by atoms with Crippen LogP contribution < -0.4 is 0 Å². The van der Waals surface area contributed by atoms with Crippen LogP contribution in [0, 0.1) is 0 Å². The van der Waals surface area contributed by atoms with Gasteiger partial charge >= 0.3 is 0 Å². The van der Waals surface area contributed by atoms with Crippen LogP contribution in [0.3, 0.4) is 0 Å². The molecule has 14 heavy (non-hydrogen) atoms. The van der Waals surface area contributed by atoms with E-state index in [-0.39, 0.29) is 6.61 Å². The lowest BCUT2D eigenvalue weighted by atomic mass is 10.3. The molecule has 0 atom stereocenters. The Balaban J connectivity index is 3.75. The van der Waals surface area contributed by atoms with Crippen molar-refractivity contribution >= 4 is 0 Å². The molecule has 0 aromatic carbocycles. The van der Waals surface area contributed by atoms with E-state index in [1.807, 2.05) is 0 Å². The Bertz CT molecular complexity index is 146. The van der Waals surface area contributed by atoms with Gasteiger partial charge in [-0.25, -0.2) is 0 Å². The largest absolute Gasteiger partial charge is 0.396 e. The highest BCUT2D eigenvalue weighted by atomic mass is 16.3. The standard InChI is InChI=1S/C11H24N2O/c1-4-7-13(10-6-11-14)9-5-8-12(2)3/h5,9,14H,4,6-8,10-11H2,1-3H3. The minimum atomic E-state index is 0.279. The molecule has 0 rings (SSSR count). The molecule has 3 nitrogen and oxygen atoms in total. The number of likely N-dealkylation sites (N-methyl/N-ethyl adjacent to an activating group) is 1. The van der Waals surface area contributed by atoms with E-state index in [1.54, 1.807) is 0 Å². The third kappa shape index (κ3) is 8.08. The third-order valence-corrected chi connectivity index (χ3v) is 1.90. The van der Waals surface area contributed by atoms with Gasteiger partial charge in [-0.15, -0.1) is 0 Å². The average Bonchev–Trinajstić information content (AvgIpc) is 2.13. The summed E-state index contributed by atoms with van der Waals surface area (Å²) >= 11 is 0. The summed E-state index contributed by atoms with van der Waals surface area (Å²) in [6, 6.07) is 0. The second kappa shape index (κ2) is 9.03. The monoisotopic (exact) mass is 200 g/mol. The summed E-state index contributed by atoms with van der Waals surface area (Å²) in [5, 5.41) is 8.74. The van der Waals surface area contributed by atoms with Crippen LogP contribution in [0.4, 0.5) is 0 Å². The molecule has 0 saturated carbocycles. The Kier molecular flexibility index (Phi) is 8.68. The predicted molar refractivity (Wildman–Crippen MR) is 61.3 cm³/mol. The Morgan fingerprint density at radius 1 is 1.21 bits per heavy atom. The van der Waals surface area contributed by atoms with Crippen LogP contribution >= 0.6 is 0 Å². The van der Waals surface area contributed by atoms with E-state index in [9.17, 15) is 0 Å². The topological polar surface area (TPSA) is 26.7 Å². The molecule has 0 aromatic rings. The first-order valence-electron chi connectivity index (χ1n) is 5.37. The van der Waals surface area contributed by atoms with Gasteiger partial charge in [0.1, 0.15) is 0 Å². The molecule has 84 valence electrons. The molecule has 0 aromatic heterocycles. The molecule has 3 heteroatoms. The molecule has 0 radical (unpaired) electrons. The smallest absolute Gasteiger partial charge is 0.0447 e. The fourth-order valence-corrected chi connectivity index (χ4v) is 1.23. The molecule has 0 unspecified atom stereocenters. The summed E-state index contributed by atoms with van der Waals surface area (Å²) < 4.78 is 0. The Morgan fingerprint density at radius 3 is 2.43 bits per heavy atom. The van der Waals surface area contributed by atoms with Crippen LogP contribution in [0.15, 0.2) is 12.3 Å². The molecule has 0 aliphatic rings.